The van der Waals surface area contributed by atoms with E-state index in [0.29, 0.717) is 12.8 Å². The second kappa shape index (κ2) is 19.4. The van der Waals surface area contributed by atoms with E-state index in [1.54, 1.807) is 24.3 Å². The molecule has 17 heteroatoms. The van der Waals surface area contributed by atoms with Crippen molar-refractivity contribution >= 4 is 18.7 Å². The molecule has 0 aliphatic rings. The van der Waals surface area contributed by atoms with Gasteiger partial charge in [-0.3, -0.25) is 0 Å². The molecule has 2 aromatic heterocycles. The Morgan fingerprint density at radius 1 is 0.649 bits per heavy atom. The molecule has 302 valence electrons. The van der Waals surface area contributed by atoms with Crippen LogP contribution in [0.2, 0.25) is 5.04 Å². The third-order valence-electron chi connectivity index (χ3n) is 8.78. The lowest BCUT2D eigenvalue weighted by molar-refractivity contribution is -0.0505. The van der Waals surface area contributed by atoms with Gasteiger partial charge in [-0.2, -0.15) is 26.9 Å². The lowest BCUT2D eigenvalue weighted by atomic mass is 10.1. The van der Waals surface area contributed by atoms with Gasteiger partial charge in [0.25, 0.3) is 8.32 Å². The molecule has 0 fully saturated rings. The molecule has 6 aromatic rings. The molecule has 0 aliphatic carbocycles. The topological polar surface area (TPSA) is 144 Å². The highest BCUT2D eigenvalue weighted by Crippen LogP contribution is 2.37. The van der Waals surface area contributed by atoms with Gasteiger partial charge in [0.2, 0.25) is 11.8 Å². The summed E-state index contributed by atoms with van der Waals surface area (Å²) in [5.74, 6) is -0.898. The average Bonchev–Trinajstić information content (AvgIpc) is 3.74. The van der Waals surface area contributed by atoms with E-state index in [-0.39, 0.29) is 48.0 Å². The van der Waals surface area contributed by atoms with Crippen molar-refractivity contribution in [3.8, 4) is 11.5 Å². The number of alkyl halides is 4. The van der Waals surface area contributed by atoms with E-state index in [1.807, 2.05) is 36.4 Å². The number of aryl methyl sites for hydroxylation is 4. The maximum Gasteiger partial charge on any atom is 0.437 e. The summed E-state index contributed by atoms with van der Waals surface area (Å²) in [5, 5.41) is 18.9. The largest absolute Gasteiger partial charge is 0.437 e. The Hall–Kier alpha value is -5.78. The number of halogens is 4. The third-order valence-corrected chi connectivity index (χ3v) is 13.8. The van der Waals surface area contributed by atoms with Crippen LogP contribution in [-0.4, -0.2) is 46.2 Å². The molecule has 0 unspecified atom stereocenters. The minimum absolute atomic E-state index is 0.0457. The van der Waals surface area contributed by atoms with Crippen molar-refractivity contribution in [2.45, 2.75) is 78.2 Å². The van der Waals surface area contributed by atoms with Gasteiger partial charge in [-0.1, -0.05) is 106 Å². The number of hydrogen-bond acceptors (Lipinski definition) is 10. The minimum Gasteiger partial charge on any atom is -0.435 e. The van der Waals surface area contributed by atoms with Gasteiger partial charge in [0.05, 0.1) is 13.1 Å². The van der Waals surface area contributed by atoms with Gasteiger partial charge in [-0.25, -0.2) is 9.59 Å². The summed E-state index contributed by atoms with van der Waals surface area (Å²) in [6.45, 7) is 0.934. The molecular formula is C40H42F4N4O8Si. The SMILES string of the molecule is CC(C)(C)[Si](OCc1nn(CCc2ccc(OC(F)F)cc2)c(=O)o1)(c1ccccc1)c1ccccc1.O=c1oc(CO)nn1CCc1ccc(OC(F)F)cc1. The highest BCUT2D eigenvalue weighted by molar-refractivity contribution is 6.99. The number of benzene rings is 4. The molecule has 1 N–H and O–H groups in total. The van der Waals surface area contributed by atoms with E-state index in [2.05, 4.69) is 69.1 Å². The fourth-order valence-corrected chi connectivity index (χ4v) is 10.7. The number of aliphatic hydroxyl groups is 1. The zero-order chi connectivity index (χ0) is 41.0. The van der Waals surface area contributed by atoms with Crippen LogP contribution < -0.4 is 31.4 Å². The summed E-state index contributed by atoms with van der Waals surface area (Å²) in [6.07, 6.45) is 0.933. The van der Waals surface area contributed by atoms with Crippen LogP contribution in [0.4, 0.5) is 17.6 Å². The van der Waals surface area contributed by atoms with Crippen molar-refractivity contribution in [2.75, 3.05) is 0 Å². The normalized spacial score (nSPS) is 11.8. The summed E-state index contributed by atoms with van der Waals surface area (Å²) in [7, 11) is -2.81. The molecule has 0 saturated carbocycles. The first-order valence-corrected chi connectivity index (χ1v) is 19.7. The van der Waals surface area contributed by atoms with Crippen molar-refractivity contribution in [1.29, 1.82) is 0 Å². The number of nitrogens with zero attached hydrogens (tertiary/aromatic N) is 4. The van der Waals surface area contributed by atoms with Crippen LogP contribution in [0.25, 0.3) is 0 Å². The molecule has 2 heterocycles. The average molecular weight is 811 g/mol. The molecule has 0 radical (unpaired) electrons. The molecule has 4 aromatic carbocycles. The maximum atomic E-state index is 12.5. The van der Waals surface area contributed by atoms with E-state index in [4.69, 9.17) is 13.9 Å². The van der Waals surface area contributed by atoms with E-state index < -0.39 is 39.7 Å². The molecule has 57 heavy (non-hydrogen) atoms. The summed E-state index contributed by atoms with van der Waals surface area (Å²) < 4.78 is 76.5. The highest BCUT2D eigenvalue weighted by Gasteiger charge is 2.50. The van der Waals surface area contributed by atoms with Gasteiger partial charge in [0, 0.05) is 0 Å². The van der Waals surface area contributed by atoms with Crippen LogP contribution in [0, 0.1) is 0 Å². The Labute approximate surface area is 326 Å². The molecule has 0 atom stereocenters. The predicted molar refractivity (Wildman–Crippen MR) is 203 cm³/mol. The smallest absolute Gasteiger partial charge is 0.435 e. The van der Waals surface area contributed by atoms with Gasteiger partial charge in [0.15, 0.2) is 0 Å². The number of rotatable bonds is 16. The zero-order valence-electron chi connectivity index (χ0n) is 31.4. The van der Waals surface area contributed by atoms with Crippen LogP contribution in [-0.2, 0) is 43.6 Å². The van der Waals surface area contributed by atoms with E-state index in [0.717, 1.165) is 26.2 Å². The fraction of sp³-hybridized carbons (Fsp3) is 0.300. The van der Waals surface area contributed by atoms with Gasteiger partial charge < -0.3 is 27.8 Å². The summed E-state index contributed by atoms with van der Waals surface area (Å²) in [5.41, 5.74) is 1.67. The number of aliphatic hydroxyl groups excluding tert-OH is 1. The van der Waals surface area contributed by atoms with Crippen LogP contribution >= 0.6 is 0 Å². The van der Waals surface area contributed by atoms with Crippen LogP contribution in [0.3, 0.4) is 0 Å². The van der Waals surface area contributed by atoms with Crippen LogP contribution in [0.15, 0.2) is 128 Å². The Balaban J connectivity index is 0.000000261. The standard InChI is InChI=1S/C28H30F2N2O4Si.C12H12F2N2O4/c1-28(2,3)37(23-10-6-4-7-11-23,24-12-8-5-9-13-24)34-20-25-31-32(27(33)36-25)19-18-21-14-16-22(17-15-21)35-26(29)30;13-11(14)19-9-3-1-8(2-4-9)5-6-16-12(18)20-10(7-17)15-16/h4-17,26H,18-20H2,1-3H3;1-4,11,17H,5-7H2. The van der Waals surface area contributed by atoms with Gasteiger partial charge in [-0.05, 0) is 63.6 Å². The number of hydrogen-bond donors (Lipinski definition) is 1. The summed E-state index contributed by atoms with van der Waals surface area (Å²) >= 11 is 0. The van der Waals surface area contributed by atoms with Gasteiger partial charge in [0.1, 0.15) is 24.7 Å². The van der Waals surface area contributed by atoms with Gasteiger partial charge >= 0.3 is 24.7 Å². The Bertz CT molecular complexity index is 2200. The first kappa shape index (κ1) is 42.4. The lowest BCUT2D eigenvalue weighted by Gasteiger charge is -2.42. The predicted octanol–water partition coefficient (Wildman–Crippen LogP) is 5.93. The highest BCUT2D eigenvalue weighted by atomic mass is 28.4. The molecule has 12 nitrogen and oxygen atoms in total. The second-order valence-electron chi connectivity index (χ2n) is 13.6. The van der Waals surface area contributed by atoms with Crippen LogP contribution in [0.1, 0.15) is 43.7 Å². The molecule has 0 spiro atoms. The molecule has 6 rings (SSSR count). The van der Waals surface area contributed by atoms with Crippen molar-refractivity contribution < 1.29 is 45.4 Å². The summed E-state index contributed by atoms with van der Waals surface area (Å²) in [4.78, 5) is 23.8. The van der Waals surface area contributed by atoms with Crippen molar-refractivity contribution in [3.63, 3.8) is 0 Å². The van der Waals surface area contributed by atoms with E-state index in [1.165, 1.54) is 28.9 Å². The molecule has 0 aliphatic heterocycles. The number of ether oxygens (including phenoxy) is 2. The second-order valence-corrected chi connectivity index (χ2v) is 17.9. The quantitative estimate of drug-likeness (QED) is 0.0924. The van der Waals surface area contributed by atoms with Crippen molar-refractivity contribution in [2.24, 2.45) is 0 Å². The lowest BCUT2D eigenvalue weighted by Crippen LogP contribution is -2.66. The zero-order valence-corrected chi connectivity index (χ0v) is 32.4. The number of aromatic nitrogens is 4. The summed E-state index contributed by atoms with van der Waals surface area (Å²) in [6, 6.07) is 32.8. The molecule has 0 amide bonds. The van der Waals surface area contributed by atoms with Crippen molar-refractivity contribution in [3.05, 3.63) is 153 Å². The van der Waals surface area contributed by atoms with Crippen molar-refractivity contribution in [1.82, 2.24) is 19.6 Å². The first-order valence-electron chi connectivity index (χ1n) is 17.8. The minimum atomic E-state index is -2.87. The van der Waals surface area contributed by atoms with E-state index >= 15 is 0 Å². The Kier molecular flexibility index (Phi) is 14.4. The Morgan fingerprint density at radius 2 is 1.05 bits per heavy atom. The fourth-order valence-electron chi connectivity index (χ4n) is 6.18. The van der Waals surface area contributed by atoms with E-state index in [9.17, 15) is 27.2 Å². The molecular weight excluding hydrogens is 769 g/mol. The van der Waals surface area contributed by atoms with Crippen LogP contribution in [0.5, 0.6) is 11.5 Å². The third kappa shape index (κ3) is 11.4. The molecule has 0 bridgehead atoms. The first-order chi connectivity index (χ1) is 27.3. The monoisotopic (exact) mass is 810 g/mol. The Morgan fingerprint density at radius 3 is 1.42 bits per heavy atom. The molecule has 0 saturated heterocycles. The van der Waals surface area contributed by atoms with Gasteiger partial charge in [-0.15, -0.1) is 10.2 Å². The maximum absolute atomic E-state index is 12.5.